The monoisotopic (exact) mass is 335 g/mol. The van der Waals surface area contributed by atoms with Crippen LogP contribution in [0.25, 0.3) is 0 Å². The first-order valence-corrected chi connectivity index (χ1v) is 8.55. The van der Waals surface area contributed by atoms with Gasteiger partial charge in [-0.15, -0.1) is 0 Å². The number of carbonyl (C=O) groups is 1. The maximum atomic E-state index is 13.3. The van der Waals surface area contributed by atoms with E-state index in [0.717, 1.165) is 38.0 Å². The second-order valence-corrected chi connectivity index (χ2v) is 7.06. The molecule has 1 saturated carbocycles. The summed E-state index contributed by atoms with van der Waals surface area (Å²) in [6.07, 6.45) is 2.69. The predicted molar refractivity (Wildman–Crippen MR) is 90.6 cm³/mol. The minimum absolute atomic E-state index is 0.0406. The van der Waals surface area contributed by atoms with Gasteiger partial charge in [0.1, 0.15) is 5.82 Å². The molecule has 1 aromatic rings. The molecule has 1 saturated heterocycles. The minimum Gasteiger partial charge on any atom is -0.381 e. The average molecular weight is 335 g/mol. The molecule has 0 aromatic heterocycles. The first kappa shape index (κ1) is 17.2. The van der Waals surface area contributed by atoms with Crippen LogP contribution in [0.5, 0.6) is 0 Å². The number of halogens is 1. The van der Waals surface area contributed by atoms with Crippen LogP contribution in [-0.4, -0.2) is 56.4 Å². The van der Waals surface area contributed by atoms with Gasteiger partial charge in [-0.3, -0.25) is 0 Å². The topological polar surface area (TPSA) is 53.6 Å². The highest BCUT2D eigenvalue weighted by atomic mass is 19.1. The highest BCUT2D eigenvalue weighted by Gasteiger charge is 2.40. The van der Waals surface area contributed by atoms with Gasteiger partial charge < -0.3 is 20.3 Å². The number of likely N-dealkylation sites (N-methyl/N-ethyl adjacent to an activating group) is 1. The van der Waals surface area contributed by atoms with Crippen LogP contribution in [0.1, 0.15) is 30.7 Å². The number of ether oxygens (including phenoxy) is 1. The van der Waals surface area contributed by atoms with Crippen molar-refractivity contribution in [2.75, 3.05) is 33.9 Å². The molecule has 2 amide bonds. The van der Waals surface area contributed by atoms with Crippen molar-refractivity contribution >= 4 is 6.03 Å². The lowest BCUT2D eigenvalue weighted by atomic mass is 9.88. The van der Waals surface area contributed by atoms with Crippen LogP contribution in [0.3, 0.4) is 0 Å². The molecule has 0 bridgehead atoms. The molecule has 1 aromatic carbocycles. The van der Waals surface area contributed by atoms with E-state index in [1.165, 1.54) is 6.07 Å². The Labute approximate surface area is 142 Å². The normalized spacial score (nSPS) is 25.3. The Morgan fingerprint density at radius 2 is 2.12 bits per heavy atom. The van der Waals surface area contributed by atoms with Crippen molar-refractivity contribution in [3.05, 3.63) is 35.6 Å². The molecule has 6 heteroatoms. The van der Waals surface area contributed by atoms with Gasteiger partial charge in [0.25, 0.3) is 0 Å². The number of nitrogens with zero attached hydrogens (tertiary/aromatic N) is 1. The third-order valence-electron chi connectivity index (χ3n) is 5.33. The van der Waals surface area contributed by atoms with Crippen LogP contribution in [-0.2, 0) is 4.74 Å². The maximum absolute atomic E-state index is 13.3. The number of amides is 2. The zero-order valence-electron chi connectivity index (χ0n) is 14.3. The molecule has 2 fully saturated rings. The fourth-order valence-corrected chi connectivity index (χ4v) is 3.46. The summed E-state index contributed by atoms with van der Waals surface area (Å²) in [6.45, 7) is 2.06. The predicted octanol–water partition coefficient (Wildman–Crippen LogP) is 2.09. The Hall–Kier alpha value is -1.66. The summed E-state index contributed by atoms with van der Waals surface area (Å²) >= 11 is 0. The number of rotatable bonds is 5. The van der Waals surface area contributed by atoms with E-state index in [2.05, 4.69) is 15.5 Å². The number of carbonyl (C=O) groups excluding carboxylic acids is 1. The van der Waals surface area contributed by atoms with E-state index in [1.54, 1.807) is 12.1 Å². The maximum Gasteiger partial charge on any atom is 0.315 e. The lowest BCUT2D eigenvalue weighted by molar-refractivity contribution is -0.00572. The molecule has 2 unspecified atom stereocenters. The number of hydrogen-bond acceptors (Lipinski definition) is 3. The molecule has 3 rings (SSSR count). The first-order chi connectivity index (χ1) is 11.5. The number of nitrogens with one attached hydrogen (secondary N) is 2. The van der Waals surface area contributed by atoms with Gasteiger partial charge in [0.15, 0.2) is 0 Å². The van der Waals surface area contributed by atoms with E-state index < -0.39 is 0 Å². The highest BCUT2D eigenvalue weighted by Crippen LogP contribution is 2.40. The summed E-state index contributed by atoms with van der Waals surface area (Å²) in [7, 11) is 4.09. The molecule has 1 aliphatic carbocycles. The third-order valence-corrected chi connectivity index (χ3v) is 5.33. The van der Waals surface area contributed by atoms with Crippen LogP contribution >= 0.6 is 0 Å². The smallest absolute Gasteiger partial charge is 0.315 e. The summed E-state index contributed by atoms with van der Waals surface area (Å²) in [4.78, 5) is 14.4. The van der Waals surface area contributed by atoms with Crippen molar-refractivity contribution in [1.82, 2.24) is 15.5 Å². The summed E-state index contributed by atoms with van der Waals surface area (Å²) < 4.78 is 18.7. The Bertz CT molecular complexity index is 587. The van der Waals surface area contributed by atoms with Gasteiger partial charge in [0, 0.05) is 37.3 Å². The van der Waals surface area contributed by atoms with Crippen LogP contribution in [0, 0.1) is 5.82 Å². The van der Waals surface area contributed by atoms with Crippen molar-refractivity contribution in [2.45, 2.75) is 36.8 Å². The quantitative estimate of drug-likeness (QED) is 0.866. The van der Waals surface area contributed by atoms with Gasteiger partial charge in [-0.1, -0.05) is 12.1 Å². The van der Waals surface area contributed by atoms with Crippen LogP contribution in [0.15, 0.2) is 24.3 Å². The molecular formula is C18H26FN3O2. The van der Waals surface area contributed by atoms with E-state index in [1.807, 2.05) is 20.2 Å². The molecule has 2 atom stereocenters. The summed E-state index contributed by atoms with van der Waals surface area (Å²) in [5.74, 6) is -0.00705. The molecule has 5 nitrogen and oxygen atoms in total. The Kier molecular flexibility index (Phi) is 5.06. The fourth-order valence-electron chi connectivity index (χ4n) is 3.46. The third kappa shape index (κ3) is 3.87. The van der Waals surface area contributed by atoms with Crippen LogP contribution in [0.2, 0.25) is 0 Å². The molecule has 24 heavy (non-hydrogen) atoms. The van der Waals surface area contributed by atoms with Gasteiger partial charge >= 0.3 is 6.03 Å². The Balaban J connectivity index is 1.48. The SMILES string of the molecule is CN(C)C1(CNC(=O)NC2CC2c2cccc(F)c2)CCOCC1. The van der Waals surface area contributed by atoms with Crippen molar-refractivity contribution in [3.8, 4) is 0 Å². The second kappa shape index (κ2) is 7.07. The molecule has 2 N–H and O–H groups in total. The Morgan fingerprint density at radius 1 is 1.38 bits per heavy atom. The molecule has 132 valence electrons. The lowest BCUT2D eigenvalue weighted by Crippen LogP contribution is -2.56. The number of hydrogen-bond donors (Lipinski definition) is 2. The van der Waals surface area contributed by atoms with Crippen LogP contribution < -0.4 is 10.6 Å². The van der Waals surface area contributed by atoms with Crippen molar-refractivity contribution in [3.63, 3.8) is 0 Å². The first-order valence-electron chi connectivity index (χ1n) is 8.55. The van der Waals surface area contributed by atoms with Gasteiger partial charge in [0.05, 0.1) is 0 Å². The van der Waals surface area contributed by atoms with E-state index in [4.69, 9.17) is 4.74 Å². The molecule has 1 aliphatic heterocycles. The van der Waals surface area contributed by atoms with E-state index in [-0.39, 0.29) is 29.3 Å². The standard InChI is InChI=1S/C18H26FN3O2/c1-22(2)18(6-8-24-9-7-18)12-20-17(23)21-16-11-15(16)13-4-3-5-14(19)10-13/h3-5,10,15-16H,6-9,11-12H2,1-2H3,(H2,20,21,23). The summed E-state index contributed by atoms with van der Waals surface area (Å²) in [5.41, 5.74) is 0.913. The molecular weight excluding hydrogens is 309 g/mol. The zero-order valence-corrected chi connectivity index (χ0v) is 14.3. The van der Waals surface area contributed by atoms with Crippen LogP contribution in [0.4, 0.5) is 9.18 Å². The van der Waals surface area contributed by atoms with E-state index >= 15 is 0 Å². The lowest BCUT2D eigenvalue weighted by Gasteiger charge is -2.42. The summed E-state index contributed by atoms with van der Waals surface area (Å²) in [5, 5.41) is 6.00. The Morgan fingerprint density at radius 3 is 2.79 bits per heavy atom. The molecule has 2 aliphatic rings. The molecule has 0 spiro atoms. The van der Waals surface area contributed by atoms with E-state index in [9.17, 15) is 9.18 Å². The second-order valence-electron chi connectivity index (χ2n) is 7.06. The van der Waals surface area contributed by atoms with Crippen molar-refractivity contribution < 1.29 is 13.9 Å². The molecule has 0 radical (unpaired) electrons. The number of urea groups is 1. The highest BCUT2D eigenvalue weighted by molar-refractivity contribution is 5.75. The van der Waals surface area contributed by atoms with Crippen molar-refractivity contribution in [2.24, 2.45) is 0 Å². The zero-order chi connectivity index (χ0) is 17.2. The fraction of sp³-hybridized carbons (Fsp3) is 0.611. The van der Waals surface area contributed by atoms with Gasteiger partial charge in [-0.2, -0.15) is 0 Å². The van der Waals surface area contributed by atoms with E-state index in [0.29, 0.717) is 6.54 Å². The number of benzene rings is 1. The molecule has 1 heterocycles. The largest absolute Gasteiger partial charge is 0.381 e. The minimum atomic E-state index is -0.227. The van der Waals surface area contributed by atoms with Gasteiger partial charge in [-0.25, -0.2) is 9.18 Å². The summed E-state index contributed by atoms with van der Waals surface area (Å²) in [6, 6.07) is 6.56. The average Bonchev–Trinajstić information content (AvgIpc) is 3.33. The van der Waals surface area contributed by atoms with Crippen molar-refractivity contribution in [1.29, 1.82) is 0 Å². The van der Waals surface area contributed by atoms with Gasteiger partial charge in [-0.05, 0) is 51.1 Å². The van der Waals surface area contributed by atoms with Gasteiger partial charge in [0.2, 0.25) is 0 Å².